The van der Waals surface area contributed by atoms with E-state index in [-0.39, 0.29) is 31.0 Å². The number of fused-ring (bicyclic) bond motifs is 1. The molecule has 0 radical (unpaired) electrons. The fraction of sp³-hybridized carbons (Fsp3) is 0.571. The third kappa shape index (κ3) is 4.03. The Kier molecular flexibility index (Phi) is 6.19. The van der Waals surface area contributed by atoms with E-state index < -0.39 is 0 Å². The first-order chi connectivity index (χ1) is 13.0. The number of aromatic amines is 1. The third-order valence-corrected chi connectivity index (χ3v) is 6.01. The van der Waals surface area contributed by atoms with Crippen LogP contribution in [0.15, 0.2) is 18.2 Å². The predicted molar refractivity (Wildman–Crippen MR) is 107 cm³/mol. The summed E-state index contributed by atoms with van der Waals surface area (Å²) in [7, 11) is 0. The molecule has 27 heavy (non-hydrogen) atoms. The summed E-state index contributed by atoms with van der Waals surface area (Å²) in [6.07, 6.45) is 0. The van der Waals surface area contributed by atoms with Gasteiger partial charge in [-0.1, -0.05) is 6.92 Å². The van der Waals surface area contributed by atoms with Gasteiger partial charge in [-0.2, -0.15) is 0 Å². The zero-order chi connectivity index (χ0) is 19.6. The Bertz CT molecular complexity index is 801. The molecule has 1 aliphatic heterocycles. The van der Waals surface area contributed by atoms with E-state index in [1.807, 2.05) is 30.0 Å². The maximum Gasteiger partial charge on any atom is 0.253 e. The van der Waals surface area contributed by atoms with Crippen LogP contribution in [0.1, 0.15) is 28.5 Å². The number of likely N-dealkylation sites (N-methyl/N-ethyl adjacent to an activating group) is 1. The van der Waals surface area contributed by atoms with Crippen LogP contribution in [0.5, 0.6) is 0 Å². The normalized spacial score (nSPS) is 20.1. The molecule has 0 aliphatic carbocycles. The summed E-state index contributed by atoms with van der Waals surface area (Å²) in [4.78, 5) is 20.5. The Morgan fingerprint density at radius 2 is 2.00 bits per heavy atom. The Hall–Kier alpha value is -1.89. The molecule has 0 saturated carbocycles. The minimum Gasteiger partial charge on any atom is -0.396 e. The number of likely N-dealkylation sites (tertiary alicyclic amines) is 1. The first-order valence-electron chi connectivity index (χ1n) is 9.80. The molecule has 6 nitrogen and oxygen atoms in total. The van der Waals surface area contributed by atoms with Crippen molar-refractivity contribution in [3.63, 3.8) is 0 Å². The summed E-state index contributed by atoms with van der Waals surface area (Å²) in [6, 6.07) is 5.83. The maximum absolute atomic E-state index is 13.1. The van der Waals surface area contributed by atoms with Gasteiger partial charge in [-0.3, -0.25) is 4.79 Å². The molecule has 1 amide bonds. The van der Waals surface area contributed by atoms with Crippen LogP contribution in [0, 0.1) is 25.7 Å². The number of benzene rings is 1. The van der Waals surface area contributed by atoms with Gasteiger partial charge in [0.2, 0.25) is 0 Å². The van der Waals surface area contributed by atoms with Crippen LogP contribution in [-0.2, 0) is 0 Å². The Morgan fingerprint density at radius 3 is 2.67 bits per heavy atom. The summed E-state index contributed by atoms with van der Waals surface area (Å²) in [5, 5.41) is 20.1. The van der Waals surface area contributed by atoms with Crippen molar-refractivity contribution in [3.8, 4) is 0 Å². The number of hydrogen-bond donors (Lipinski definition) is 3. The molecule has 1 saturated heterocycles. The van der Waals surface area contributed by atoms with Crippen LogP contribution in [0.3, 0.4) is 0 Å². The summed E-state index contributed by atoms with van der Waals surface area (Å²) >= 11 is 0. The summed E-state index contributed by atoms with van der Waals surface area (Å²) in [6.45, 7) is 9.89. The molecule has 1 aliphatic rings. The molecule has 3 N–H and O–H groups in total. The van der Waals surface area contributed by atoms with Crippen molar-refractivity contribution in [2.45, 2.75) is 20.8 Å². The Labute approximate surface area is 160 Å². The summed E-state index contributed by atoms with van der Waals surface area (Å²) < 4.78 is 0. The minimum atomic E-state index is 0.0290. The molecule has 1 aromatic carbocycles. The third-order valence-electron chi connectivity index (χ3n) is 6.01. The van der Waals surface area contributed by atoms with Gasteiger partial charge in [-0.15, -0.1) is 0 Å². The molecule has 2 aromatic rings. The van der Waals surface area contributed by atoms with E-state index in [1.54, 1.807) is 0 Å². The second kappa shape index (κ2) is 8.42. The molecule has 0 bridgehead atoms. The van der Waals surface area contributed by atoms with Crippen LogP contribution < -0.4 is 0 Å². The smallest absolute Gasteiger partial charge is 0.253 e. The second-order valence-corrected chi connectivity index (χ2v) is 7.67. The summed E-state index contributed by atoms with van der Waals surface area (Å²) in [5.41, 5.74) is 4.05. The number of nitrogens with one attached hydrogen (secondary N) is 1. The number of hydrogen-bond acceptors (Lipinski definition) is 4. The number of aryl methyl sites for hydroxylation is 2. The number of H-pyrrole nitrogens is 1. The molecular formula is C21H31N3O3. The van der Waals surface area contributed by atoms with Crippen molar-refractivity contribution in [2.24, 2.45) is 11.8 Å². The number of carbonyl (C=O) groups is 1. The van der Waals surface area contributed by atoms with Crippen molar-refractivity contribution in [1.82, 2.24) is 14.8 Å². The van der Waals surface area contributed by atoms with E-state index in [1.165, 1.54) is 5.56 Å². The van der Waals surface area contributed by atoms with Gasteiger partial charge in [-0.25, -0.2) is 0 Å². The molecule has 6 heteroatoms. The molecule has 1 fully saturated rings. The van der Waals surface area contributed by atoms with Gasteiger partial charge in [0.05, 0.1) is 6.61 Å². The average Bonchev–Trinajstić information content (AvgIpc) is 3.21. The van der Waals surface area contributed by atoms with Gasteiger partial charge in [-0.05, 0) is 50.1 Å². The van der Waals surface area contributed by atoms with Crippen LogP contribution in [-0.4, -0.2) is 76.8 Å². The monoisotopic (exact) mass is 373 g/mol. The van der Waals surface area contributed by atoms with Gasteiger partial charge >= 0.3 is 0 Å². The van der Waals surface area contributed by atoms with Gasteiger partial charge in [0.25, 0.3) is 5.91 Å². The number of amides is 1. The number of aliphatic hydroxyl groups is 2. The van der Waals surface area contributed by atoms with E-state index in [0.29, 0.717) is 25.2 Å². The van der Waals surface area contributed by atoms with Gasteiger partial charge < -0.3 is 25.0 Å². The largest absolute Gasteiger partial charge is 0.396 e. The number of carbonyl (C=O) groups excluding carboxylic acids is 1. The fourth-order valence-electron chi connectivity index (χ4n) is 4.15. The lowest BCUT2D eigenvalue weighted by Gasteiger charge is -2.25. The standard InChI is InChI=1S/C21H31N3O3/c1-4-23(7-8-25)10-17-11-24(12-18(17)13-26)21(27)16-5-6-20-19(9-16)14(2)15(3)22-20/h5-6,9,17-18,22,25-26H,4,7-8,10-13H2,1-3H3/t17-,18-/m1/s1. The number of rotatable bonds is 7. The first-order valence-corrected chi connectivity index (χ1v) is 9.80. The molecule has 0 unspecified atom stereocenters. The highest BCUT2D eigenvalue weighted by Crippen LogP contribution is 2.27. The topological polar surface area (TPSA) is 79.8 Å². The van der Waals surface area contributed by atoms with Crippen LogP contribution in [0.2, 0.25) is 0 Å². The molecule has 3 rings (SSSR count). The van der Waals surface area contributed by atoms with Crippen molar-refractivity contribution < 1.29 is 15.0 Å². The Balaban J connectivity index is 1.76. The number of aliphatic hydroxyl groups excluding tert-OH is 2. The fourth-order valence-corrected chi connectivity index (χ4v) is 4.15. The molecule has 148 valence electrons. The van der Waals surface area contributed by atoms with Crippen molar-refractivity contribution >= 4 is 16.8 Å². The zero-order valence-electron chi connectivity index (χ0n) is 16.5. The average molecular weight is 373 g/mol. The van der Waals surface area contributed by atoms with E-state index in [9.17, 15) is 15.0 Å². The lowest BCUT2D eigenvalue weighted by Crippen LogP contribution is -2.36. The quantitative estimate of drug-likeness (QED) is 0.691. The van der Waals surface area contributed by atoms with Gasteiger partial charge in [0.15, 0.2) is 0 Å². The first kappa shape index (κ1) is 19.9. The highest BCUT2D eigenvalue weighted by molar-refractivity contribution is 5.99. The van der Waals surface area contributed by atoms with Crippen LogP contribution >= 0.6 is 0 Å². The molecule has 1 aromatic heterocycles. The minimum absolute atomic E-state index is 0.0290. The van der Waals surface area contributed by atoms with E-state index in [4.69, 9.17) is 0 Å². The van der Waals surface area contributed by atoms with Crippen molar-refractivity contribution in [2.75, 3.05) is 45.9 Å². The predicted octanol–water partition coefficient (Wildman–Crippen LogP) is 1.78. The number of nitrogens with zero attached hydrogens (tertiary/aromatic N) is 2. The molecule has 2 heterocycles. The van der Waals surface area contributed by atoms with Crippen molar-refractivity contribution in [1.29, 1.82) is 0 Å². The second-order valence-electron chi connectivity index (χ2n) is 7.67. The van der Waals surface area contributed by atoms with Gasteiger partial charge in [0.1, 0.15) is 0 Å². The lowest BCUT2D eigenvalue weighted by molar-refractivity contribution is 0.0778. The molecule has 2 atom stereocenters. The van der Waals surface area contributed by atoms with Crippen LogP contribution in [0.4, 0.5) is 0 Å². The van der Waals surface area contributed by atoms with Gasteiger partial charge in [0, 0.05) is 60.9 Å². The van der Waals surface area contributed by atoms with Crippen molar-refractivity contribution in [3.05, 3.63) is 35.0 Å². The van der Waals surface area contributed by atoms with Crippen LogP contribution in [0.25, 0.3) is 10.9 Å². The highest BCUT2D eigenvalue weighted by Gasteiger charge is 2.35. The zero-order valence-corrected chi connectivity index (χ0v) is 16.5. The highest BCUT2D eigenvalue weighted by atomic mass is 16.3. The molecular weight excluding hydrogens is 342 g/mol. The molecule has 0 spiro atoms. The maximum atomic E-state index is 13.1. The van der Waals surface area contributed by atoms with E-state index in [2.05, 4.69) is 23.7 Å². The van der Waals surface area contributed by atoms with E-state index >= 15 is 0 Å². The van der Waals surface area contributed by atoms with E-state index in [0.717, 1.165) is 29.7 Å². The SMILES string of the molecule is CCN(CCO)C[C@@H]1CN(C(=O)c2ccc3[nH]c(C)c(C)c3c2)C[C@@H]1CO. The summed E-state index contributed by atoms with van der Waals surface area (Å²) in [5.74, 6) is 0.341. The number of aromatic nitrogens is 1. The Morgan fingerprint density at radius 1 is 1.26 bits per heavy atom. The lowest BCUT2D eigenvalue weighted by atomic mass is 9.96.